The molecule has 7 nitrogen and oxygen atoms in total. The number of ether oxygens (including phenoxy) is 1. The maximum atomic E-state index is 14.0. The van der Waals surface area contributed by atoms with Crippen molar-refractivity contribution >= 4 is 28.5 Å². The van der Waals surface area contributed by atoms with Crippen LogP contribution in [0, 0.1) is 0 Å². The van der Waals surface area contributed by atoms with E-state index < -0.39 is 11.4 Å². The Morgan fingerprint density at radius 1 is 0.974 bits per heavy atom. The third-order valence-corrected chi connectivity index (χ3v) is 7.42. The third-order valence-electron chi connectivity index (χ3n) is 7.42. The second kappa shape index (κ2) is 10.7. The second-order valence-electron chi connectivity index (χ2n) is 11.3. The minimum Gasteiger partial charge on any atom is -0.459 e. The monoisotopic (exact) mass is 514 g/mol. The zero-order chi connectivity index (χ0) is 26.9. The summed E-state index contributed by atoms with van der Waals surface area (Å²) < 4.78 is 5.65. The summed E-state index contributed by atoms with van der Waals surface area (Å²) in [5.74, 6) is -0.423. The largest absolute Gasteiger partial charge is 0.459 e. The maximum Gasteiger partial charge on any atom is 0.342 e. The lowest BCUT2D eigenvalue weighted by Crippen LogP contribution is -2.46. The van der Waals surface area contributed by atoms with Crippen molar-refractivity contribution in [3.05, 3.63) is 77.6 Å². The zero-order valence-electron chi connectivity index (χ0n) is 22.9. The molecule has 200 valence electrons. The highest BCUT2D eigenvalue weighted by molar-refractivity contribution is 6.18. The maximum absolute atomic E-state index is 14.0. The highest BCUT2D eigenvalue weighted by Gasteiger charge is 2.38. The van der Waals surface area contributed by atoms with E-state index in [9.17, 15) is 9.59 Å². The molecule has 2 aromatic carbocycles. The van der Waals surface area contributed by atoms with Crippen molar-refractivity contribution in [2.75, 3.05) is 32.7 Å². The highest BCUT2D eigenvalue weighted by atomic mass is 16.5. The van der Waals surface area contributed by atoms with Crippen LogP contribution in [0.25, 0.3) is 16.5 Å². The predicted octanol–water partition coefficient (Wildman–Crippen LogP) is 5.38. The summed E-state index contributed by atoms with van der Waals surface area (Å²) >= 11 is 0. The van der Waals surface area contributed by atoms with Gasteiger partial charge < -0.3 is 14.6 Å². The number of amides is 2. The van der Waals surface area contributed by atoms with Crippen molar-refractivity contribution in [2.45, 2.75) is 52.2 Å². The van der Waals surface area contributed by atoms with Crippen LogP contribution in [0.1, 0.15) is 50.9 Å². The first-order chi connectivity index (χ1) is 18.2. The molecule has 0 atom stereocenters. The molecule has 2 aliphatic heterocycles. The number of H-pyrrole nitrogens is 1. The lowest BCUT2D eigenvalue weighted by molar-refractivity contribution is -0.140. The Labute approximate surface area is 225 Å². The predicted molar refractivity (Wildman–Crippen MR) is 151 cm³/mol. The molecule has 1 aromatic heterocycles. The summed E-state index contributed by atoms with van der Waals surface area (Å²) in [7, 11) is 0. The number of urea groups is 1. The van der Waals surface area contributed by atoms with Crippen LogP contribution in [0.15, 0.2) is 60.8 Å². The van der Waals surface area contributed by atoms with Gasteiger partial charge in [-0.05, 0) is 37.5 Å². The summed E-state index contributed by atoms with van der Waals surface area (Å²) in [6, 6.07) is 18.5. The van der Waals surface area contributed by atoms with Gasteiger partial charge >= 0.3 is 12.0 Å². The number of aromatic amines is 1. The van der Waals surface area contributed by atoms with Gasteiger partial charge in [-0.25, -0.2) is 9.59 Å². The molecule has 0 aliphatic carbocycles. The average Bonchev–Trinajstić information content (AvgIpc) is 3.05. The average molecular weight is 515 g/mol. The van der Waals surface area contributed by atoms with Gasteiger partial charge in [-0.2, -0.15) is 0 Å². The van der Waals surface area contributed by atoms with Crippen LogP contribution in [-0.2, 0) is 21.5 Å². The van der Waals surface area contributed by atoms with E-state index >= 15 is 0 Å². The first-order valence-electron chi connectivity index (χ1n) is 13.6. The summed E-state index contributed by atoms with van der Waals surface area (Å²) in [6.07, 6.45) is 2.35. The molecule has 2 amide bonds. The Bertz CT molecular complexity index is 1340. The van der Waals surface area contributed by atoms with Crippen LogP contribution in [0.4, 0.5) is 4.79 Å². The number of carbonyl (C=O) groups is 2. The standard InChI is InChI=1S/C31H38N4O3/c1-22(2)38-29(36)25-20-35(21-31(3,4)27-24-13-8-9-14-26(24)32-28(25)27)30(37)34-16-10-15-33(17-18-34)19-23-11-6-5-7-12-23/h5-9,11-14,20,22,32H,10,15-19,21H2,1-4H3. The van der Waals surface area contributed by atoms with Gasteiger partial charge in [0.1, 0.15) is 0 Å². The molecule has 0 spiro atoms. The van der Waals surface area contributed by atoms with Crippen molar-refractivity contribution in [3.8, 4) is 0 Å². The molecule has 3 aromatic rings. The van der Waals surface area contributed by atoms with Crippen LogP contribution in [0.5, 0.6) is 0 Å². The minimum atomic E-state index is -0.423. The van der Waals surface area contributed by atoms with Gasteiger partial charge in [0.15, 0.2) is 0 Å². The number of nitrogens with one attached hydrogen (secondary N) is 1. The van der Waals surface area contributed by atoms with Gasteiger partial charge in [-0.1, -0.05) is 62.4 Å². The first kappa shape index (κ1) is 26.0. The van der Waals surface area contributed by atoms with Crippen LogP contribution in [0.3, 0.4) is 0 Å². The van der Waals surface area contributed by atoms with Gasteiger partial charge in [0.25, 0.3) is 0 Å². The van der Waals surface area contributed by atoms with Crippen molar-refractivity contribution in [1.29, 1.82) is 0 Å². The van der Waals surface area contributed by atoms with E-state index in [-0.39, 0.29) is 12.1 Å². The van der Waals surface area contributed by atoms with Crippen molar-refractivity contribution in [2.24, 2.45) is 0 Å². The number of hydrogen-bond donors (Lipinski definition) is 1. The number of carbonyl (C=O) groups excluding carboxylic acids is 2. The molecule has 5 rings (SSSR count). The fourth-order valence-electron chi connectivity index (χ4n) is 5.72. The van der Waals surface area contributed by atoms with E-state index in [1.165, 1.54) is 5.56 Å². The minimum absolute atomic E-state index is 0.0658. The Hall–Kier alpha value is -3.58. The van der Waals surface area contributed by atoms with Gasteiger partial charge in [0.2, 0.25) is 0 Å². The Morgan fingerprint density at radius 2 is 1.71 bits per heavy atom. The molecule has 2 aliphatic rings. The van der Waals surface area contributed by atoms with Crippen molar-refractivity contribution in [3.63, 3.8) is 0 Å². The molecule has 7 heteroatoms. The normalized spacial score (nSPS) is 18.1. The van der Waals surface area contributed by atoms with Crippen LogP contribution < -0.4 is 0 Å². The van der Waals surface area contributed by atoms with Crippen LogP contribution >= 0.6 is 0 Å². The number of nitrogens with zero attached hydrogens (tertiary/aromatic N) is 3. The molecular weight excluding hydrogens is 476 g/mol. The molecule has 0 unspecified atom stereocenters. The molecule has 0 bridgehead atoms. The van der Waals surface area contributed by atoms with E-state index in [0.717, 1.165) is 48.2 Å². The molecule has 38 heavy (non-hydrogen) atoms. The van der Waals surface area contributed by atoms with Gasteiger partial charge in [-0.15, -0.1) is 0 Å². The summed E-state index contributed by atoms with van der Waals surface area (Å²) in [6.45, 7) is 12.4. The fourth-order valence-corrected chi connectivity index (χ4v) is 5.72. The Morgan fingerprint density at radius 3 is 2.47 bits per heavy atom. The topological polar surface area (TPSA) is 68.9 Å². The van der Waals surface area contributed by atoms with Crippen LogP contribution in [0.2, 0.25) is 0 Å². The molecule has 0 saturated carbocycles. The fraction of sp³-hybridized carbons (Fsp3) is 0.419. The SMILES string of the molecule is CC(C)OC(=O)C1=CN(C(=O)N2CCCN(Cc3ccccc3)CC2)CC(C)(C)c2c1[nH]c1ccccc21. The van der Waals surface area contributed by atoms with Gasteiger partial charge in [-0.3, -0.25) is 9.80 Å². The molecule has 1 N–H and O–H groups in total. The van der Waals surface area contributed by atoms with Gasteiger partial charge in [0.05, 0.1) is 17.4 Å². The first-order valence-corrected chi connectivity index (χ1v) is 13.6. The van der Waals surface area contributed by atoms with Crippen molar-refractivity contribution in [1.82, 2.24) is 19.7 Å². The lowest BCUT2D eigenvalue weighted by Gasteiger charge is -2.33. The summed E-state index contributed by atoms with van der Waals surface area (Å²) in [5.41, 5.74) is 4.03. The number of para-hydroxylation sites is 1. The smallest absolute Gasteiger partial charge is 0.342 e. The van der Waals surface area contributed by atoms with E-state index in [2.05, 4.69) is 54.1 Å². The third kappa shape index (κ3) is 5.34. The number of benzene rings is 2. The second-order valence-corrected chi connectivity index (χ2v) is 11.3. The number of esters is 1. The Kier molecular flexibility index (Phi) is 7.30. The Balaban J connectivity index is 1.43. The van der Waals surface area contributed by atoms with Crippen LogP contribution in [-0.4, -0.2) is 70.5 Å². The quantitative estimate of drug-likeness (QED) is 0.475. The number of rotatable bonds is 4. The molecule has 1 saturated heterocycles. The number of aromatic nitrogens is 1. The van der Waals surface area contributed by atoms with E-state index in [4.69, 9.17) is 4.74 Å². The zero-order valence-corrected chi connectivity index (χ0v) is 22.9. The van der Waals surface area contributed by atoms with E-state index in [1.54, 1.807) is 11.1 Å². The highest BCUT2D eigenvalue weighted by Crippen LogP contribution is 2.40. The number of hydrogen-bond acceptors (Lipinski definition) is 4. The lowest BCUT2D eigenvalue weighted by atomic mass is 9.82. The van der Waals surface area contributed by atoms with E-state index in [0.29, 0.717) is 25.2 Å². The van der Waals surface area contributed by atoms with Gasteiger partial charge in [0, 0.05) is 61.8 Å². The van der Waals surface area contributed by atoms with E-state index in [1.807, 2.05) is 43.0 Å². The molecule has 0 radical (unpaired) electrons. The summed E-state index contributed by atoms with van der Waals surface area (Å²) in [5, 5.41) is 1.07. The molecule has 3 heterocycles. The molecular formula is C31H38N4O3. The molecule has 1 fully saturated rings. The number of fused-ring (bicyclic) bond motifs is 3. The summed E-state index contributed by atoms with van der Waals surface area (Å²) in [4.78, 5) is 36.9. The van der Waals surface area contributed by atoms with Crippen molar-refractivity contribution < 1.29 is 14.3 Å².